The SMILES string of the molecule is OC(CNCCn1cccn1)COc1cc(Cl)ccc1Cl. The summed E-state index contributed by atoms with van der Waals surface area (Å²) in [7, 11) is 0. The minimum atomic E-state index is -0.627. The van der Waals surface area contributed by atoms with Gasteiger partial charge in [-0.05, 0) is 18.2 Å². The highest BCUT2D eigenvalue weighted by Gasteiger charge is 2.07. The minimum absolute atomic E-state index is 0.148. The monoisotopic (exact) mass is 329 g/mol. The molecular formula is C14H17Cl2N3O2. The van der Waals surface area contributed by atoms with Gasteiger partial charge < -0.3 is 15.2 Å². The number of rotatable bonds is 8. The average Bonchev–Trinajstić information content (AvgIpc) is 2.98. The number of hydrogen-bond acceptors (Lipinski definition) is 4. The van der Waals surface area contributed by atoms with Gasteiger partial charge in [-0.15, -0.1) is 0 Å². The van der Waals surface area contributed by atoms with Crippen molar-refractivity contribution in [3.8, 4) is 5.75 Å². The van der Waals surface area contributed by atoms with Gasteiger partial charge >= 0.3 is 0 Å². The molecule has 0 aliphatic carbocycles. The largest absolute Gasteiger partial charge is 0.489 e. The van der Waals surface area contributed by atoms with E-state index in [0.717, 1.165) is 13.1 Å². The molecule has 1 aromatic heterocycles. The van der Waals surface area contributed by atoms with Crippen molar-refractivity contribution in [1.29, 1.82) is 0 Å². The lowest BCUT2D eigenvalue weighted by Gasteiger charge is -2.14. The molecule has 0 amide bonds. The number of aromatic nitrogens is 2. The molecule has 1 heterocycles. The Morgan fingerprint density at radius 2 is 2.24 bits per heavy atom. The Labute approximate surface area is 133 Å². The van der Waals surface area contributed by atoms with Crippen molar-refractivity contribution in [3.05, 3.63) is 46.7 Å². The second-order valence-corrected chi connectivity index (χ2v) is 5.36. The number of nitrogens with one attached hydrogen (secondary N) is 1. The molecule has 0 spiro atoms. The molecule has 0 radical (unpaired) electrons. The highest BCUT2D eigenvalue weighted by molar-refractivity contribution is 6.34. The van der Waals surface area contributed by atoms with Gasteiger partial charge in [0.25, 0.3) is 0 Å². The third-order valence-corrected chi connectivity index (χ3v) is 3.33. The lowest BCUT2D eigenvalue weighted by atomic mass is 10.3. The highest BCUT2D eigenvalue weighted by Crippen LogP contribution is 2.27. The lowest BCUT2D eigenvalue weighted by Crippen LogP contribution is -2.33. The molecule has 7 heteroatoms. The second kappa shape index (κ2) is 8.24. The molecular weight excluding hydrogens is 313 g/mol. The van der Waals surface area contributed by atoms with Crippen molar-refractivity contribution < 1.29 is 9.84 Å². The summed E-state index contributed by atoms with van der Waals surface area (Å²) in [6.45, 7) is 2.05. The van der Waals surface area contributed by atoms with Gasteiger partial charge in [-0.25, -0.2) is 0 Å². The maximum Gasteiger partial charge on any atom is 0.139 e. The summed E-state index contributed by atoms with van der Waals surface area (Å²) < 4.78 is 7.28. The van der Waals surface area contributed by atoms with E-state index in [9.17, 15) is 5.11 Å². The first-order chi connectivity index (χ1) is 10.1. The molecule has 0 aliphatic heterocycles. The fraction of sp³-hybridized carbons (Fsp3) is 0.357. The van der Waals surface area contributed by atoms with Gasteiger partial charge in [0, 0.05) is 36.6 Å². The van der Waals surface area contributed by atoms with Crippen LogP contribution in [-0.4, -0.2) is 40.7 Å². The lowest BCUT2D eigenvalue weighted by molar-refractivity contribution is 0.106. The van der Waals surface area contributed by atoms with Crippen molar-refractivity contribution in [3.63, 3.8) is 0 Å². The van der Waals surface area contributed by atoms with E-state index in [0.29, 0.717) is 22.3 Å². The van der Waals surface area contributed by atoms with Gasteiger partial charge in [-0.2, -0.15) is 5.10 Å². The van der Waals surface area contributed by atoms with E-state index in [1.165, 1.54) is 0 Å². The summed E-state index contributed by atoms with van der Waals surface area (Å²) in [6, 6.07) is 6.84. The van der Waals surface area contributed by atoms with E-state index < -0.39 is 6.10 Å². The fourth-order valence-electron chi connectivity index (χ4n) is 1.73. The van der Waals surface area contributed by atoms with Gasteiger partial charge in [0.2, 0.25) is 0 Å². The van der Waals surface area contributed by atoms with Crippen LogP contribution in [0.25, 0.3) is 0 Å². The Hall–Kier alpha value is -1.27. The van der Waals surface area contributed by atoms with E-state index in [1.54, 1.807) is 24.4 Å². The zero-order valence-electron chi connectivity index (χ0n) is 11.4. The van der Waals surface area contributed by atoms with Crippen LogP contribution in [0, 0.1) is 0 Å². The normalized spacial score (nSPS) is 12.3. The van der Waals surface area contributed by atoms with Crippen LogP contribution in [0.15, 0.2) is 36.7 Å². The molecule has 0 aliphatic rings. The fourth-order valence-corrected chi connectivity index (χ4v) is 2.06. The number of nitrogens with zero attached hydrogens (tertiary/aromatic N) is 2. The summed E-state index contributed by atoms with van der Waals surface area (Å²) in [4.78, 5) is 0. The number of halogens is 2. The van der Waals surface area contributed by atoms with Crippen LogP contribution in [0.3, 0.4) is 0 Å². The maximum absolute atomic E-state index is 9.84. The molecule has 2 N–H and O–H groups in total. The zero-order chi connectivity index (χ0) is 15.1. The topological polar surface area (TPSA) is 59.3 Å². The Balaban J connectivity index is 1.65. The van der Waals surface area contributed by atoms with Crippen LogP contribution < -0.4 is 10.1 Å². The van der Waals surface area contributed by atoms with Crippen LogP contribution in [0.1, 0.15) is 0 Å². The Morgan fingerprint density at radius 3 is 3.00 bits per heavy atom. The molecule has 0 fully saturated rings. The molecule has 21 heavy (non-hydrogen) atoms. The number of benzene rings is 1. The molecule has 1 unspecified atom stereocenters. The Kier molecular flexibility index (Phi) is 6.32. The molecule has 2 rings (SSSR count). The quantitative estimate of drug-likeness (QED) is 0.729. The molecule has 0 bridgehead atoms. The third-order valence-electron chi connectivity index (χ3n) is 2.78. The summed E-state index contributed by atoms with van der Waals surface area (Å²) in [5.74, 6) is 0.472. The Bertz CT molecular complexity index is 549. The standard InChI is InChI=1S/C14H17Cl2N3O2/c15-11-2-3-13(16)14(8-11)21-10-12(20)9-17-5-7-19-6-1-4-18-19/h1-4,6,8,12,17,20H,5,7,9-10H2. The molecule has 2 aromatic rings. The zero-order valence-corrected chi connectivity index (χ0v) is 12.9. The van der Waals surface area contributed by atoms with Crippen molar-refractivity contribution >= 4 is 23.2 Å². The third kappa shape index (κ3) is 5.55. The molecule has 114 valence electrons. The van der Waals surface area contributed by atoms with Crippen molar-refractivity contribution in [2.24, 2.45) is 0 Å². The molecule has 5 nitrogen and oxygen atoms in total. The van der Waals surface area contributed by atoms with E-state index in [2.05, 4.69) is 10.4 Å². The number of aliphatic hydroxyl groups is 1. The van der Waals surface area contributed by atoms with E-state index >= 15 is 0 Å². The predicted octanol–water partition coefficient (Wildman–Crippen LogP) is 2.22. The van der Waals surface area contributed by atoms with Crippen LogP contribution >= 0.6 is 23.2 Å². The summed E-state index contributed by atoms with van der Waals surface area (Å²) >= 11 is 11.8. The predicted molar refractivity (Wildman–Crippen MR) is 83.1 cm³/mol. The summed E-state index contributed by atoms with van der Waals surface area (Å²) in [6.07, 6.45) is 3.00. The van der Waals surface area contributed by atoms with Crippen LogP contribution in [0.4, 0.5) is 0 Å². The van der Waals surface area contributed by atoms with Gasteiger partial charge in [0.15, 0.2) is 0 Å². The Morgan fingerprint density at radius 1 is 1.38 bits per heavy atom. The van der Waals surface area contributed by atoms with Gasteiger partial charge in [-0.3, -0.25) is 4.68 Å². The van der Waals surface area contributed by atoms with Crippen LogP contribution in [0.2, 0.25) is 10.0 Å². The first kappa shape index (κ1) is 16.1. The average molecular weight is 330 g/mol. The number of hydrogen-bond donors (Lipinski definition) is 2. The second-order valence-electron chi connectivity index (χ2n) is 4.51. The number of aliphatic hydroxyl groups excluding tert-OH is 1. The maximum atomic E-state index is 9.84. The van der Waals surface area contributed by atoms with E-state index in [1.807, 2.05) is 16.9 Å². The van der Waals surface area contributed by atoms with Crippen LogP contribution in [0.5, 0.6) is 5.75 Å². The van der Waals surface area contributed by atoms with Crippen molar-refractivity contribution in [1.82, 2.24) is 15.1 Å². The van der Waals surface area contributed by atoms with Crippen molar-refractivity contribution in [2.75, 3.05) is 19.7 Å². The van der Waals surface area contributed by atoms with E-state index in [-0.39, 0.29) is 6.61 Å². The highest BCUT2D eigenvalue weighted by atomic mass is 35.5. The number of ether oxygens (including phenoxy) is 1. The van der Waals surface area contributed by atoms with Gasteiger partial charge in [0.1, 0.15) is 18.5 Å². The molecule has 0 saturated heterocycles. The molecule has 1 atom stereocenters. The van der Waals surface area contributed by atoms with Crippen LogP contribution in [-0.2, 0) is 6.54 Å². The van der Waals surface area contributed by atoms with Gasteiger partial charge in [0.05, 0.1) is 11.6 Å². The molecule has 1 aromatic carbocycles. The van der Waals surface area contributed by atoms with Crippen molar-refractivity contribution in [2.45, 2.75) is 12.6 Å². The first-order valence-electron chi connectivity index (χ1n) is 6.59. The minimum Gasteiger partial charge on any atom is -0.489 e. The first-order valence-corrected chi connectivity index (χ1v) is 7.35. The smallest absolute Gasteiger partial charge is 0.139 e. The molecule has 0 saturated carbocycles. The van der Waals surface area contributed by atoms with E-state index in [4.69, 9.17) is 27.9 Å². The summed E-state index contributed by atoms with van der Waals surface area (Å²) in [5.41, 5.74) is 0. The summed E-state index contributed by atoms with van der Waals surface area (Å²) in [5, 5.41) is 18.1. The van der Waals surface area contributed by atoms with Gasteiger partial charge in [-0.1, -0.05) is 23.2 Å².